The van der Waals surface area contributed by atoms with E-state index < -0.39 is 5.97 Å². The predicted octanol–water partition coefficient (Wildman–Crippen LogP) is 2.77. The Morgan fingerprint density at radius 3 is 2.35 bits per heavy atom. The van der Waals surface area contributed by atoms with Gasteiger partial charge in [0.05, 0.1) is 19.2 Å². The van der Waals surface area contributed by atoms with E-state index in [0.29, 0.717) is 16.8 Å². The van der Waals surface area contributed by atoms with Gasteiger partial charge in [0.25, 0.3) is 0 Å². The molecule has 0 aliphatic rings. The number of anilines is 1. The molecule has 0 saturated heterocycles. The lowest BCUT2D eigenvalue weighted by Gasteiger charge is -2.10. The lowest BCUT2D eigenvalue weighted by molar-refractivity contribution is 0.0601. The third kappa shape index (κ3) is 3.23. The van der Waals surface area contributed by atoms with Crippen LogP contribution in [0.5, 0.6) is 0 Å². The van der Waals surface area contributed by atoms with Crippen LogP contribution < -0.4 is 5.32 Å². The maximum Gasteiger partial charge on any atom is 0.339 e. The van der Waals surface area contributed by atoms with Crippen molar-refractivity contribution < 1.29 is 14.3 Å². The summed E-state index contributed by atoms with van der Waals surface area (Å²) in [6, 6.07) is 15.9. The second-order valence-corrected chi connectivity index (χ2v) is 4.18. The Hall–Kier alpha value is -2.62. The molecular formula is C16H15NO3. The lowest BCUT2D eigenvalue weighted by atomic mass is 10.1. The van der Waals surface area contributed by atoms with Gasteiger partial charge in [0.1, 0.15) is 0 Å². The van der Waals surface area contributed by atoms with Crippen molar-refractivity contribution in [2.24, 2.45) is 0 Å². The summed E-state index contributed by atoms with van der Waals surface area (Å²) in [6.07, 6.45) is 0. The van der Waals surface area contributed by atoms with Crippen molar-refractivity contribution in [1.29, 1.82) is 0 Å². The van der Waals surface area contributed by atoms with E-state index in [9.17, 15) is 9.59 Å². The first-order chi connectivity index (χ1) is 9.72. The predicted molar refractivity (Wildman–Crippen MR) is 77.0 cm³/mol. The fourth-order valence-electron chi connectivity index (χ4n) is 1.83. The molecule has 4 nitrogen and oxygen atoms in total. The molecule has 0 spiro atoms. The topological polar surface area (TPSA) is 55.4 Å². The zero-order chi connectivity index (χ0) is 14.4. The van der Waals surface area contributed by atoms with Crippen LogP contribution in [0.25, 0.3) is 0 Å². The van der Waals surface area contributed by atoms with E-state index in [1.54, 1.807) is 36.4 Å². The van der Waals surface area contributed by atoms with Crippen LogP contribution in [-0.4, -0.2) is 25.4 Å². The van der Waals surface area contributed by atoms with Crippen molar-refractivity contribution >= 4 is 17.4 Å². The van der Waals surface area contributed by atoms with Crippen molar-refractivity contribution in [3.63, 3.8) is 0 Å². The average Bonchev–Trinajstić information content (AvgIpc) is 2.53. The molecule has 20 heavy (non-hydrogen) atoms. The van der Waals surface area contributed by atoms with Gasteiger partial charge in [-0.05, 0) is 12.1 Å². The Morgan fingerprint density at radius 1 is 1.00 bits per heavy atom. The molecule has 0 aliphatic heterocycles. The van der Waals surface area contributed by atoms with Crippen molar-refractivity contribution in [1.82, 2.24) is 0 Å². The summed E-state index contributed by atoms with van der Waals surface area (Å²) < 4.78 is 4.70. The van der Waals surface area contributed by atoms with Gasteiger partial charge in [0.15, 0.2) is 5.78 Å². The Bertz CT molecular complexity index is 608. The summed E-state index contributed by atoms with van der Waals surface area (Å²) >= 11 is 0. The molecule has 0 bridgehead atoms. The van der Waals surface area contributed by atoms with Gasteiger partial charge < -0.3 is 10.1 Å². The molecular weight excluding hydrogens is 254 g/mol. The molecule has 0 aromatic heterocycles. The number of hydrogen-bond donors (Lipinski definition) is 1. The highest BCUT2D eigenvalue weighted by Crippen LogP contribution is 2.16. The summed E-state index contributed by atoms with van der Waals surface area (Å²) in [5.41, 5.74) is 1.63. The fourth-order valence-corrected chi connectivity index (χ4v) is 1.83. The SMILES string of the molecule is COC(=O)c1ccccc1NCC(=O)c1ccccc1. The molecule has 0 amide bonds. The molecule has 0 atom stereocenters. The van der Waals surface area contributed by atoms with Crippen molar-refractivity contribution in [2.45, 2.75) is 0 Å². The van der Waals surface area contributed by atoms with E-state index in [1.165, 1.54) is 7.11 Å². The third-order valence-electron chi connectivity index (χ3n) is 2.87. The van der Waals surface area contributed by atoms with Crippen molar-refractivity contribution in [3.8, 4) is 0 Å². The largest absolute Gasteiger partial charge is 0.465 e. The van der Waals surface area contributed by atoms with Crippen LogP contribution >= 0.6 is 0 Å². The Morgan fingerprint density at radius 2 is 1.65 bits per heavy atom. The molecule has 0 aliphatic carbocycles. The minimum Gasteiger partial charge on any atom is -0.465 e. The summed E-state index contributed by atoms with van der Waals surface area (Å²) in [6.45, 7) is 0.123. The van der Waals surface area contributed by atoms with E-state index in [4.69, 9.17) is 4.74 Å². The molecule has 102 valence electrons. The molecule has 0 radical (unpaired) electrons. The molecule has 2 aromatic rings. The van der Waals surface area contributed by atoms with Gasteiger partial charge in [0.2, 0.25) is 0 Å². The number of methoxy groups -OCH3 is 1. The van der Waals surface area contributed by atoms with Gasteiger partial charge in [-0.1, -0.05) is 42.5 Å². The Balaban J connectivity index is 2.08. The Kier molecular flexibility index (Phi) is 4.50. The first-order valence-electron chi connectivity index (χ1n) is 6.22. The van der Waals surface area contributed by atoms with Crippen LogP contribution in [-0.2, 0) is 4.74 Å². The molecule has 2 aromatic carbocycles. The highest BCUT2D eigenvalue weighted by Gasteiger charge is 2.12. The average molecular weight is 269 g/mol. The number of ketones is 1. The lowest BCUT2D eigenvalue weighted by Crippen LogP contribution is -2.16. The van der Waals surface area contributed by atoms with Crippen LogP contribution in [0.4, 0.5) is 5.69 Å². The Labute approximate surface area is 117 Å². The number of benzene rings is 2. The highest BCUT2D eigenvalue weighted by molar-refractivity contribution is 6.00. The minimum atomic E-state index is -0.430. The van der Waals surface area contributed by atoms with Gasteiger partial charge in [-0.2, -0.15) is 0 Å². The quantitative estimate of drug-likeness (QED) is 0.670. The summed E-state index contributed by atoms with van der Waals surface area (Å²) in [7, 11) is 1.33. The molecule has 0 unspecified atom stereocenters. The smallest absolute Gasteiger partial charge is 0.339 e. The summed E-state index contributed by atoms with van der Waals surface area (Å²) in [5, 5.41) is 2.98. The number of para-hydroxylation sites is 1. The normalized spacial score (nSPS) is 9.85. The number of rotatable bonds is 5. The molecule has 0 saturated carbocycles. The number of ether oxygens (including phenoxy) is 1. The fraction of sp³-hybridized carbons (Fsp3) is 0.125. The number of hydrogen-bond acceptors (Lipinski definition) is 4. The van der Waals surface area contributed by atoms with Gasteiger partial charge in [-0.25, -0.2) is 4.79 Å². The molecule has 1 N–H and O–H groups in total. The highest BCUT2D eigenvalue weighted by atomic mass is 16.5. The number of nitrogens with one attached hydrogen (secondary N) is 1. The third-order valence-corrected chi connectivity index (χ3v) is 2.87. The van der Waals surface area contributed by atoms with Crippen LogP contribution in [0.1, 0.15) is 20.7 Å². The van der Waals surface area contributed by atoms with Crippen molar-refractivity contribution in [2.75, 3.05) is 19.0 Å². The summed E-state index contributed by atoms with van der Waals surface area (Å²) in [4.78, 5) is 23.6. The molecule has 4 heteroatoms. The maximum absolute atomic E-state index is 12.0. The maximum atomic E-state index is 12.0. The number of carbonyl (C=O) groups is 2. The van der Waals surface area contributed by atoms with Crippen LogP contribution in [0, 0.1) is 0 Å². The van der Waals surface area contributed by atoms with E-state index in [0.717, 1.165) is 0 Å². The van der Waals surface area contributed by atoms with Crippen LogP contribution in [0.2, 0.25) is 0 Å². The summed E-state index contributed by atoms with van der Waals surface area (Å²) in [5.74, 6) is -0.467. The molecule has 0 fully saturated rings. The molecule has 0 heterocycles. The second-order valence-electron chi connectivity index (χ2n) is 4.18. The van der Waals surface area contributed by atoms with Crippen LogP contribution in [0.15, 0.2) is 54.6 Å². The monoisotopic (exact) mass is 269 g/mol. The van der Waals surface area contributed by atoms with Gasteiger partial charge in [-0.3, -0.25) is 4.79 Å². The second kappa shape index (κ2) is 6.52. The first-order valence-corrected chi connectivity index (χ1v) is 6.22. The van der Waals surface area contributed by atoms with Gasteiger partial charge in [0, 0.05) is 11.3 Å². The zero-order valence-electron chi connectivity index (χ0n) is 11.1. The van der Waals surface area contributed by atoms with Crippen LogP contribution in [0.3, 0.4) is 0 Å². The first kappa shape index (κ1) is 13.8. The van der Waals surface area contributed by atoms with E-state index in [2.05, 4.69) is 5.32 Å². The van der Waals surface area contributed by atoms with E-state index >= 15 is 0 Å². The van der Waals surface area contributed by atoms with Gasteiger partial charge >= 0.3 is 5.97 Å². The number of Topliss-reactive ketones (excluding diaryl/α,β-unsaturated/α-hetero) is 1. The number of carbonyl (C=O) groups excluding carboxylic acids is 2. The van der Waals surface area contributed by atoms with E-state index in [-0.39, 0.29) is 12.3 Å². The minimum absolute atomic E-state index is 0.0368. The van der Waals surface area contributed by atoms with Crippen molar-refractivity contribution in [3.05, 3.63) is 65.7 Å². The molecule has 2 rings (SSSR count). The number of esters is 1. The van der Waals surface area contributed by atoms with E-state index in [1.807, 2.05) is 18.2 Å². The zero-order valence-corrected chi connectivity index (χ0v) is 11.1. The standard InChI is InChI=1S/C16H15NO3/c1-20-16(19)13-9-5-6-10-14(13)17-11-15(18)12-7-3-2-4-8-12/h2-10,17H,11H2,1H3. The van der Waals surface area contributed by atoms with Gasteiger partial charge in [-0.15, -0.1) is 0 Å².